The van der Waals surface area contributed by atoms with Gasteiger partial charge in [-0.25, -0.2) is 0 Å². The fourth-order valence-electron chi connectivity index (χ4n) is 1.94. The maximum Gasteiger partial charge on any atom is 0.251 e. The second-order valence-corrected chi connectivity index (χ2v) is 4.61. The van der Waals surface area contributed by atoms with Crippen molar-refractivity contribution in [2.75, 3.05) is 0 Å². The van der Waals surface area contributed by atoms with Crippen LogP contribution >= 0.6 is 0 Å². The number of phenols is 1. The monoisotopic (exact) mass is 255 g/mol. The van der Waals surface area contributed by atoms with Crippen LogP contribution in [-0.2, 0) is 6.42 Å². The lowest BCUT2D eigenvalue weighted by Gasteiger charge is -2.14. The predicted molar refractivity (Wildman–Crippen MR) is 75.2 cm³/mol. The number of nitrogens with one attached hydrogen (secondary N) is 1. The smallest absolute Gasteiger partial charge is 0.251 e. The molecule has 0 bridgehead atoms. The third-order valence-electron chi connectivity index (χ3n) is 2.89. The van der Waals surface area contributed by atoms with Gasteiger partial charge in [0.05, 0.1) is 0 Å². The number of hydrogen-bond acceptors (Lipinski definition) is 2. The normalized spacial score (nSPS) is 11.8. The van der Waals surface area contributed by atoms with E-state index in [2.05, 4.69) is 5.32 Å². The number of carbonyl (C=O) groups excluding carboxylic acids is 1. The molecule has 1 atom stereocenters. The SMILES string of the molecule is CC(Cc1ccccc1)NC(=O)c1ccc(O)cc1. The van der Waals surface area contributed by atoms with E-state index in [1.807, 2.05) is 37.3 Å². The summed E-state index contributed by atoms with van der Waals surface area (Å²) in [7, 11) is 0. The molecule has 3 nitrogen and oxygen atoms in total. The van der Waals surface area contributed by atoms with Crippen LogP contribution in [0.3, 0.4) is 0 Å². The first-order valence-corrected chi connectivity index (χ1v) is 6.29. The van der Waals surface area contributed by atoms with E-state index in [1.165, 1.54) is 17.7 Å². The minimum absolute atomic E-state index is 0.0590. The molecule has 1 unspecified atom stereocenters. The van der Waals surface area contributed by atoms with Crippen LogP contribution < -0.4 is 5.32 Å². The number of hydrogen-bond donors (Lipinski definition) is 2. The van der Waals surface area contributed by atoms with Gasteiger partial charge >= 0.3 is 0 Å². The molecule has 0 radical (unpaired) electrons. The van der Waals surface area contributed by atoms with Crippen molar-refractivity contribution < 1.29 is 9.90 Å². The largest absolute Gasteiger partial charge is 0.508 e. The summed E-state index contributed by atoms with van der Waals surface area (Å²) >= 11 is 0. The third-order valence-corrected chi connectivity index (χ3v) is 2.89. The van der Waals surface area contributed by atoms with Gasteiger partial charge in [0, 0.05) is 11.6 Å². The van der Waals surface area contributed by atoms with E-state index in [-0.39, 0.29) is 17.7 Å². The van der Waals surface area contributed by atoms with Gasteiger partial charge in [0.15, 0.2) is 0 Å². The Balaban J connectivity index is 1.93. The Bertz CT molecular complexity index is 534. The zero-order valence-corrected chi connectivity index (χ0v) is 10.8. The Labute approximate surface area is 112 Å². The van der Waals surface area contributed by atoms with E-state index in [1.54, 1.807) is 12.1 Å². The topological polar surface area (TPSA) is 49.3 Å². The molecule has 0 aliphatic heterocycles. The average molecular weight is 255 g/mol. The number of aromatic hydroxyl groups is 1. The third kappa shape index (κ3) is 3.85. The van der Waals surface area contributed by atoms with Crippen LogP contribution in [0.5, 0.6) is 5.75 Å². The van der Waals surface area contributed by atoms with E-state index >= 15 is 0 Å². The van der Waals surface area contributed by atoms with Crippen molar-refractivity contribution in [2.24, 2.45) is 0 Å². The molecule has 0 aromatic heterocycles. The molecule has 0 spiro atoms. The molecule has 1 amide bonds. The van der Waals surface area contributed by atoms with Gasteiger partial charge < -0.3 is 10.4 Å². The van der Waals surface area contributed by atoms with Gasteiger partial charge in [-0.3, -0.25) is 4.79 Å². The first-order chi connectivity index (χ1) is 9.15. The molecule has 0 aliphatic carbocycles. The van der Waals surface area contributed by atoms with E-state index in [0.717, 1.165) is 6.42 Å². The lowest BCUT2D eigenvalue weighted by atomic mass is 10.1. The van der Waals surface area contributed by atoms with Gasteiger partial charge in [-0.2, -0.15) is 0 Å². The van der Waals surface area contributed by atoms with Crippen molar-refractivity contribution in [3.8, 4) is 5.75 Å². The summed E-state index contributed by atoms with van der Waals surface area (Å²) in [5, 5.41) is 12.1. The lowest BCUT2D eigenvalue weighted by molar-refractivity contribution is 0.0940. The summed E-state index contributed by atoms with van der Waals surface area (Å²) in [4.78, 5) is 12.0. The molecule has 0 saturated heterocycles. The molecular weight excluding hydrogens is 238 g/mol. The van der Waals surface area contributed by atoms with Crippen LogP contribution in [0.15, 0.2) is 54.6 Å². The fourth-order valence-corrected chi connectivity index (χ4v) is 1.94. The summed E-state index contributed by atoms with van der Waals surface area (Å²) in [5.41, 5.74) is 1.75. The number of amides is 1. The van der Waals surface area contributed by atoms with Crippen molar-refractivity contribution in [3.05, 3.63) is 65.7 Å². The first kappa shape index (κ1) is 13.1. The Kier molecular flexibility index (Phi) is 4.18. The molecule has 0 heterocycles. The van der Waals surface area contributed by atoms with Crippen LogP contribution in [0, 0.1) is 0 Å². The van der Waals surface area contributed by atoms with E-state index in [0.29, 0.717) is 5.56 Å². The Hall–Kier alpha value is -2.29. The van der Waals surface area contributed by atoms with Crippen molar-refractivity contribution in [2.45, 2.75) is 19.4 Å². The maximum atomic E-state index is 12.0. The summed E-state index contributed by atoms with van der Waals surface area (Å²) in [5.74, 6) is 0.0392. The van der Waals surface area contributed by atoms with Gasteiger partial charge in [-0.15, -0.1) is 0 Å². The van der Waals surface area contributed by atoms with Gasteiger partial charge in [-0.05, 0) is 43.2 Å². The molecule has 2 aromatic carbocycles. The summed E-state index contributed by atoms with van der Waals surface area (Å²) in [6, 6.07) is 16.3. The van der Waals surface area contributed by atoms with Gasteiger partial charge in [-0.1, -0.05) is 30.3 Å². The summed E-state index contributed by atoms with van der Waals surface area (Å²) < 4.78 is 0. The number of rotatable bonds is 4. The summed E-state index contributed by atoms with van der Waals surface area (Å²) in [6.07, 6.45) is 0.796. The number of phenolic OH excluding ortho intramolecular Hbond substituents is 1. The lowest BCUT2D eigenvalue weighted by Crippen LogP contribution is -2.34. The molecule has 98 valence electrons. The van der Waals surface area contributed by atoms with E-state index < -0.39 is 0 Å². The molecule has 0 aliphatic rings. The van der Waals surface area contributed by atoms with Crippen molar-refractivity contribution in [1.29, 1.82) is 0 Å². The maximum absolute atomic E-state index is 12.0. The standard InChI is InChI=1S/C16H17NO2/c1-12(11-13-5-3-2-4-6-13)17-16(19)14-7-9-15(18)10-8-14/h2-10,12,18H,11H2,1H3,(H,17,19). The second kappa shape index (κ2) is 6.05. The van der Waals surface area contributed by atoms with Gasteiger partial charge in [0.25, 0.3) is 5.91 Å². The minimum Gasteiger partial charge on any atom is -0.508 e. The minimum atomic E-state index is -0.122. The van der Waals surface area contributed by atoms with Crippen LogP contribution in [0.2, 0.25) is 0 Å². The molecule has 2 rings (SSSR count). The quantitative estimate of drug-likeness (QED) is 0.882. The van der Waals surface area contributed by atoms with Crippen molar-refractivity contribution in [3.63, 3.8) is 0 Å². The Morgan fingerprint density at radius 3 is 2.37 bits per heavy atom. The highest BCUT2D eigenvalue weighted by Gasteiger charge is 2.10. The average Bonchev–Trinajstić information content (AvgIpc) is 2.40. The Morgan fingerprint density at radius 1 is 1.11 bits per heavy atom. The summed E-state index contributed by atoms with van der Waals surface area (Å²) in [6.45, 7) is 1.98. The van der Waals surface area contributed by atoms with Crippen LogP contribution in [0.4, 0.5) is 0 Å². The van der Waals surface area contributed by atoms with Crippen LogP contribution in [0.1, 0.15) is 22.8 Å². The zero-order valence-electron chi connectivity index (χ0n) is 10.8. The van der Waals surface area contributed by atoms with Crippen LogP contribution in [-0.4, -0.2) is 17.1 Å². The highest BCUT2D eigenvalue weighted by Crippen LogP contribution is 2.10. The fraction of sp³-hybridized carbons (Fsp3) is 0.188. The molecule has 2 aromatic rings. The molecule has 0 saturated carbocycles. The van der Waals surface area contributed by atoms with Crippen molar-refractivity contribution in [1.82, 2.24) is 5.32 Å². The van der Waals surface area contributed by atoms with Crippen molar-refractivity contribution >= 4 is 5.91 Å². The van der Waals surface area contributed by atoms with E-state index in [9.17, 15) is 9.90 Å². The molecule has 2 N–H and O–H groups in total. The second-order valence-electron chi connectivity index (χ2n) is 4.61. The molecular formula is C16H17NO2. The number of carbonyl (C=O) groups is 1. The van der Waals surface area contributed by atoms with Gasteiger partial charge in [0.2, 0.25) is 0 Å². The Morgan fingerprint density at radius 2 is 1.74 bits per heavy atom. The first-order valence-electron chi connectivity index (χ1n) is 6.29. The highest BCUT2D eigenvalue weighted by atomic mass is 16.3. The number of benzene rings is 2. The van der Waals surface area contributed by atoms with Gasteiger partial charge in [0.1, 0.15) is 5.75 Å². The highest BCUT2D eigenvalue weighted by molar-refractivity contribution is 5.94. The van der Waals surface area contributed by atoms with E-state index in [4.69, 9.17) is 0 Å². The molecule has 0 fully saturated rings. The predicted octanol–water partition coefficient (Wildman–Crippen LogP) is 2.75. The van der Waals surface area contributed by atoms with Crippen LogP contribution in [0.25, 0.3) is 0 Å². The molecule has 19 heavy (non-hydrogen) atoms. The zero-order chi connectivity index (χ0) is 13.7. The molecule has 3 heteroatoms.